The minimum absolute atomic E-state index is 0.0501. The molecule has 12 heteroatoms. The van der Waals surface area contributed by atoms with Crippen LogP contribution in [0.25, 0.3) is 10.9 Å². The van der Waals surface area contributed by atoms with E-state index >= 15 is 0 Å². The van der Waals surface area contributed by atoms with Crippen molar-refractivity contribution < 1.29 is 23.8 Å². The molecule has 1 aromatic carbocycles. The third-order valence-corrected chi connectivity index (χ3v) is 8.08. The van der Waals surface area contributed by atoms with Crippen molar-refractivity contribution in [3.63, 3.8) is 0 Å². The van der Waals surface area contributed by atoms with E-state index in [1.807, 2.05) is 51.0 Å². The van der Waals surface area contributed by atoms with Crippen LogP contribution in [0.2, 0.25) is 0 Å². The molecule has 230 valence electrons. The minimum Gasteiger partial charge on any atom is -0.491 e. The van der Waals surface area contributed by atoms with Gasteiger partial charge >= 0.3 is 6.09 Å². The Morgan fingerprint density at radius 1 is 1.07 bits per heavy atom. The number of nitrogens with one attached hydrogen (secondary N) is 1. The van der Waals surface area contributed by atoms with Crippen LogP contribution in [0.1, 0.15) is 63.4 Å². The van der Waals surface area contributed by atoms with Crippen molar-refractivity contribution in [3.05, 3.63) is 36.4 Å². The highest BCUT2D eigenvalue weighted by Gasteiger charge is 2.42. The average Bonchev–Trinajstić information content (AvgIpc) is 3.55. The van der Waals surface area contributed by atoms with E-state index in [-0.39, 0.29) is 29.8 Å². The van der Waals surface area contributed by atoms with Gasteiger partial charge in [-0.25, -0.2) is 14.8 Å². The third kappa shape index (κ3) is 7.01. The Morgan fingerprint density at radius 2 is 1.86 bits per heavy atom. The number of benzene rings is 1. The van der Waals surface area contributed by atoms with Crippen LogP contribution in [-0.4, -0.2) is 87.2 Å². The van der Waals surface area contributed by atoms with E-state index in [0.29, 0.717) is 36.3 Å². The summed E-state index contributed by atoms with van der Waals surface area (Å²) in [7, 11) is 1.86. The van der Waals surface area contributed by atoms with E-state index in [2.05, 4.69) is 25.3 Å². The topological polar surface area (TPSA) is 124 Å². The molecule has 12 nitrogen and oxygen atoms in total. The number of nitrogens with zero attached hydrogens (tertiary/aromatic N) is 6. The second-order valence-corrected chi connectivity index (χ2v) is 12.8. The molecular formula is C31H41N7O5. The maximum Gasteiger partial charge on any atom is 0.410 e. The van der Waals surface area contributed by atoms with Gasteiger partial charge in [-0.2, -0.15) is 5.10 Å². The summed E-state index contributed by atoms with van der Waals surface area (Å²) in [6.45, 7) is 9.10. The zero-order valence-corrected chi connectivity index (χ0v) is 25.4. The molecular weight excluding hydrogens is 550 g/mol. The van der Waals surface area contributed by atoms with E-state index < -0.39 is 5.60 Å². The molecule has 0 unspecified atom stereocenters. The molecule has 4 heterocycles. The average molecular weight is 592 g/mol. The summed E-state index contributed by atoms with van der Waals surface area (Å²) in [5.41, 5.74) is 1.02. The third-order valence-electron chi connectivity index (χ3n) is 8.08. The summed E-state index contributed by atoms with van der Waals surface area (Å²) in [6, 6.07) is 4.04. The number of carbonyl (C=O) groups is 2. The van der Waals surface area contributed by atoms with Crippen LogP contribution in [-0.2, 0) is 16.5 Å². The van der Waals surface area contributed by atoms with E-state index in [4.69, 9.17) is 14.2 Å². The van der Waals surface area contributed by atoms with Gasteiger partial charge in [0, 0.05) is 57.0 Å². The summed E-state index contributed by atoms with van der Waals surface area (Å²) in [5, 5.41) is 8.37. The Morgan fingerprint density at radius 3 is 2.56 bits per heavy atom. The normalized spacial score (nSPS) is 19.4. The van der Waals surface area contributed by atoms with Crippen molar-refractivity contribution in [3.8, 4) is 5.75 Å². The summed E-state index contributed by atoms with van der Waals surface area (Å²) < 4.78 is 19.1. The van der Waals surface area contributed by atoms with E-state index in [0.717, 1.165) is 62.8 Å². The molecule has 2 amide bonds. The lowest BCUT2D eigenvalue weighted by molar-refractivity contribution is 0.0158. The highest BCUT2D eigenvalue weighted by Crippen LogP contribution is 2.34. The number of anilines is 2. The fourth-order valence-electron chi connectivity index (χ4n) is 5.74. The first-order chi connectivity index (χ1) is 20.6. The number of rotatable bonds is 8. The van der Waals surface area contributed by atoms with Crippen LogP contribution >= 0.6 is 0 Å². The number of fused-ring (bicyclic) bond motifs is 1. The number of hydrogen-bond donors (Lipinski definition) is 1. The number of hydrogen-bond acceptors (Lipinski definition) is 9. The summed E-state index contributed by atoms with van der Waals surface area (Å²) >= 11 is 0. The molecule has 2 saturated heterocycles. The molecule has 3 aliphatic rings. The van der Waals surface area contributed by atoms with Crippen molar-refractivity contribution in [2.24, 2.45) is 13.0 Å². The number of aromatic nitrogens is 4. The summed E-state index contributed by atoms with van der Waals surface area (Å²) in [5.74, 6) is 1.28. The lowest BCUT2D eigenvalue weighted by atomic mass is 10.0. The Balaban J connectivity index is 1.12. The predicted molar refractivity (Wildman–Crippen MR) is 161 cm³/mol. The van der Waals surface area contributed by atoms with Crippen molar-refractivity contribution >= 4 is 34.4 Å². The van der Waals surface area contributed by atoms with Crippen LogP contribution in [0.4, 0.5) is 16.3 Å². The molecule has 43 heavy (non-hydrogen) atoms. The van der Waals surface area contributed by atoms with Gasteiger partial charge in [-0.1, -0.05) is 0 Å². The molecule has 0 radical (unpaired) electrons. The van der Waals surface area contributed by atoms with Gasteiger partial charge in [-0.3, -0.25) is 9.48 Å². The SMILES string of the molecule is Cn1cc2cc(NC(=O)c3cnc(N4CC[C@@H](N(C(=O)OC(C)(C)C)C5CC5)C4)cn3)c(OCC3CCOCC3)cc2n1. The fraction of sp³-hybridized carbons (Fsp3) is 0.581. The molecule has 6 rings (SSSR count). The first-order valence-corrected chi connectivity index (χ1v) is 15.2. The number of amides is 2. The molecule has 1 saturated carbocycles. The minimum atomic E-state index is -0.536. The highest BCUT2D eigenvalue weighted by molar-refractivity contribution is 6.04. The van der Waals surface area contributed by atoms with Gasteiger partial charge < -0.3 is 29.3 Å². The predicted octanol–water partition coefficient (Wildman–Crippen LogP) is 4.40. The molecule has 1 atom stereocenters. The molecule has 2 aromatic heterocycles. The zero-order valence-electron chi connectivity index (χ0n) is 25.4. The molecule has 0 spiro atoms. The van der Waals surface area contributed by atoms with Crippen molar-refractivity contribution in [2.45, 2.75) is 70.6 Å². The van der Waals surface area contributed by atoms with Gasteiger partial charge in [0.25, 0.3) is 5.91 Å². The quantitative estimate of drug-likeness (QED) is 0.406. The van der Waals surface area contributed by atoms with E-state index in [9.17, 15) is 9.59 Å². The molecule has 1 aliphatic carbocycles. The smallest absolute Gasteiger partial charge is 0.410 e. The summed E-state index contributed by atoms with van der Waals surface area (Å²) in [6.07, 6.45) is 9.52. The number of carbonyl (C=O) groups excluding carboxylic acids is 2. The van der Waals surface area contributed by atoms with Gasteiger partial charge in [-0.15, -0.1) is 0 Å². The van der Waals surface area contributed by atoms with Crippen LogP contribution in [0.3, 0.4) is 0 Å². The van der Waals surface area contributed by atoms with Gasteiger partial charge in [0.05, 0.1) is 36.2 Å². The Bertz CT molecular complexity index is 1460. The fourth-order valence-corrected chi connectivity index (χ4v) is 5.74. The number of ether oxygens (including phenoxy) is 3. The van der Waals surface area contributed by atoms with Crippen molar-refractivity contribution in [2.75, 3.05) is 43.1 Å². The Labute approximate surface area is 251 Å². The maximum absolute atomic E-state index is 13.3. The van der Waals surface area contributed by atoms with Gasteiger partial charge in [0.15, 0.2) is 0 Å². The van der Waals surface area contributed by atoms with Crippen molar-refractivity contribution in [1.29, 1.82) is 0 Å². The Hall–Kier alpha value is -3.93. The standard InChI is InChI=1S/C31H41N7O5/c1-31(2,3)43-30(40)38(22-5-6-22)23-7-10-37(18-23)28-16-32-26(15-33-28)29(39)34-25-13-21-17-36(4)35-24(21)14-27(25)42-19-20-8-11-41-12-9-20/h13-17,20,22-23H,5-12,18-19H2,1-4H3,(H,34,39)/t23-/m1/s1. The summed E-state index contributed by atoms with van der Waals surface area (Å²) in [4.78, 5) is 39.3. The maximum atomic E-state index is 13.3. The second kappa shape index (κ2) is 12.0. The highest BCUT2D eigenvalue weighted by atomic mass is 16.6. The Kier molecular flexibility index (Phi) is 8.13. The van der Waals surface area contributed by atoms with E-state index in [1.54, 1.807) is 10.9 Å². The van der Waals surface area contributed by atoms with Crippen LogP contribution in [0.5, 0.6) is 5.75 Å². The van der Waals surface area contributed by atoms with Crippen LogP contribution < -0.4 is 15.0 Å². The lowest BCUT2D eigenvalue weighted by Crippen LogP contribution is -2.46. The molecule has 3 fully saturated rings. The van der Waals surface area contributed by atoms with Crippen LogP contribution in [0, 0.1) is 5.92 Å². The monoisotopic (exact) mass is 591 g/mol. The molecule has 3 aromatic rings. The van der Waals surface area contributed by atoms with Gasteiger partial charge in [0.2, 0.25) is 0 Å². The van der Waals surface area contributed by atoms with Gasteiger partial charge in [0.1, 0.15) is 22.9 Å². The zero-order chi connectivity index (χ0) is 30.1. The first kappa shape index (κ1) is 29.2. The lowest BCUT2D eigenvalue weighted by Gasteiger charge is -2.31. The molecule has 2 aliphatic heterocycles. The number of aryl methyl sites for hydroxylation is 1. The largest absolute Gasteiger partial charge is 0.491 e. The van der Waals surface area contributed by atoms with Crippen LogP contribution in [0.15, 0.2) is 30.7 Å². The second-order valence-electron chi connectivity index (χ2n) is 12.8. The molecule has 1 N–H and O–H groups in total. The van der Waals surface area contributed by atoms with E-state index in [1.165, 1.54) is 6.20 Å². The first-order valence-electron chi connectivity index (χ1n) is 15.2. The molecule has 0 bridgehead atoms. The van der Waals surface area contributed by atoms with Gasteiger partial charge in [-0.05, 0) is 64.9 Å². The van der Waals surface area contributed by atoms with Crippen molar-refractivity contribution in [1.82, 2.24) is 24.6 Å².